The average molecular weight is 283 g/mol. The van der Waals surface area contributed by atoms with Crippen LogP contribution in [0.3, 0.4) is 0 Å². The van der Waals surface area contributed by atoms with E-state index in [0.717, 1.165) is 19.3 Å². The fourth-order valence-electron chi connectivity index (χ4n) is 2.88. The van der Waals surface area contributed by atoms with Gasteiger partial charge in [0, 0.05) is 12.6 Å². The van der Waals surface area contributed by atoms with Crippen LogP contribution in [0.25, 0.3) is 0 Å². The number of carboxylic acids is 1. The number of carboxylic acid groups (broad SMARTS) is 1. The zero-order chi connectivity index (χ0) is 14.5. The van der Waals surface area contributed by atoms with Crippen LogP contribution in [-0.2, 0) is 9.59 Å². The topological polar surface area (TPSA) is 108 Å². The Hall–Kier alpha value is -1.79. The molecular formula is C13H21N3O4. The maximum atomic E-state index is 11.9. The molecule has 0 aromatic rings. The van der Waals surface area contributed by atoms with Gasteiger partial charge in [0.25, 0.3) is 0 Å². The van der Waals surface area contributed by atoms with E-state index >= 15 is 0 Å². The average Bonchev–Trinajstić information content (AvgIpc) is 2.41. The second-order valence-corrected chi connectivity index (χ2v) is 5.44. The van der Waals surface area contributed by atoms with Gasteiger partial charge in [0.15, 0.2) is 0 Å². The van der Waals surface area contributed by atoms with E-state index in [0.29, 0.717) is 25.8 Å². The third kappa shape index (κ3) is 3.61. The second kappa shape index (κ2) is 6.58. The number of urea groups is 1. The van der Waals surface area contributed by atoms with Crippen molar-refractivity contribution in [3.8, 4) is 0 Å². The molecule has 0 radical (unpaired) electrons. The quantitative estimate of drug-likeness (QED) is 0.593. The first-order chi connectivity index (χ1) is 9.58. The number of piperidine rings is 1. The second-order valence-electron chi connectivity index (χ2n) is 5.44. The summed E-state index contributed by atoms with van der Waals surface area (Å²) in [5.41, 5.74) is 0. The fourth-order valence-corrected chi connectivity index (χ4v) is 2.88. The van der Waals surface area contributed by atoms with Gasteiger partial charge in [-0.2, -0.15) is 0 Å². The molecule has 1 saturated carbocycles. The summed E-state index contributed by atoms with van der Waals surface area (Å²) in [4.78, 5) is 34.6. The Balaban J connectivity index is 1.86. The van der Waals surface area contributed by atoms with Crippen LogP contribution in [0, 0.1) is 5.92 Å². The van der Waals surface area contributed by atoms with E-state index in [-0.39, 0.29) is 11.9 Å². The van der Waals surface area contributed by atoms with Crippen molar-refractivity contribution in [3.05, 3.63) is 0 Å². The highest BCUT2D eigenvalue weighted by atomic mass is 16.4. The minimum absolute atomic E-state index is 0.176. The number of aliphatic carboxylic acids is 1. The van der Waals surface area contributed by atoms with Crippen LogP contribution in [0.15, 0.2) is 0 Å². The van der Waals surface area contributed by atoms with E-state index < -0.39 is 24.0 Å². The minimum atomic E-state index is -0.870. The molecule has 3 atom stereocenters. The molecule has 0 aromatic heterocycles. The standard InChI is InChI=1S/C13H21N3O4/c17-11-10(6-3-7-14-11)16-13(20)15-9-5-2-1-4-8(9)12(18)19/h8-10H,1-7H2,(H,14,17)(H,18,19)(H2,15,16,20). The highest BCUT2D eigenvalue weighted by Gasteiger charge is 2.32. The molecule has 1 heterocycles. The van der Waals surface area contributed by atoms with Gasteiger partial charge in [-0.15, -0.1) is 0 Å². The van der Waals surface area contributed by atoms with E-state index in [4.69, 9.17) is 5.11 Å². The Labute approximate surface area is 117 Å². The number of amides is 3. The van der Waals surface area contributed by atoms with Crippen molar-refractivity contribution in [2.24, 2.45) is 5.92 Å². The Bertz CT molecular complexity index is 399. The molecule has 0 spiro atoms. The normalized spacial score (nSPS) is 30.2. The summed E-state index contributed by atoms with van der Waals surface area (Å²) < 4.78 is 0. The third-order valence-electron chi connectivity index (χ3n) is 3.99. The van der Waals surface area contributed by atoms with Gasteiger partial charge in [0.2, 0.25) is 5.91 Å². The van der Waals surface area contributed by atoms with Crippen molar-refractivity contribution < 1.29 is 19.5 Å². The van der Waals surface area contributed by atoms with Gasteiger partial charge in [0.05, 0.1) is 5.92 Å². The van der Waals surface area contributed by atoms with Crippen LogP contribution >= 0.6 is 0 Å². The summed E-state index contributed by atoms with van der Waals surface area (Å²) in [6.07, 6.45) is 4.50. The fraction of sp³-hybridized carbons (Fsp3) is 0.769. The highest BCUT2D eigenvalue weighted by Crippen LogP contribution is 2.24. The van der Waals surface area contributed by atoms with Gasteiger partial charge in [-0.3, -0.25) is 9.59 Å². The van der Waals surface area contributed by atoms with Gasteiger partial charge >= 0.3 is 12.0 Å². The SMILES string of the molecule is O=C(NC1CCCNC1=O)NC1CCCCC1C(=O)O. The van der Waals surface area contributed by atoms with Crippen molar-refractivity contribution in [1.82, 2.24) is 16.0 Å². The first-order valence-electron chi connectivity index (χ1n) is 7.15. The largest absolute Gasteiger partial charge is 0.481 e. The van der Waals surface area contributed by atoms with E-state index in [1.807, 2.05) is 0 Å². The smallest absolute Gasteiger partial charge is 0.315 e. The van der Waals surface area contributed by atoms with Crippen LogP contribution in [0.4, 0.5) is 4.79 Å². The molecular weight excluding hydrogens is 262 g/mol. The Kier molecular flexibility index (Phi) is 4.81. The molecule has 2 rings (SSSR count). The monoisotopic (exact) mass is 283 g/mol. The maximum Gasteiger partial charge on any atom is 0.315 e. The zero-order valence-corrected chi connectivity index (χ0v) is 11.4. The summed E-state index contributed by atoms with van der Waals surface area (Å²) in [7, 11) is 0. The van der Waals surface area contributed by atoms with E-state index in [1.54, 1.807) is 0 Å². The van der Waals surface area contributed by atoms with Gasteiger partial charge in [0.1, 0.15) is 6.04 Å². The molecule has 112 valence electrons. The molecule has 7 nitrogen and oxygen atoms in total. The molecule has 3 amide bonds. The maximum absolute atomic E-state index is 11.9. The molecule has 1 saturated heterocycles. The van der Waals surface area contributed by atoms with Crippen LogP contribution < -0.4 is 16.0 Å². The number of nitrogens with one attached hydrogen (secondary N) is 3. The Morgan fingerprint density at radius 1 is 1.10 bits per heavy atom. The van der Waals surface area contributed by atoms with E-state index in [2.05, 4.69) is 16.0 Å². The van der Waals surface area contributed by atoms with Gasteiger partial charge in [-0.05, 0) is 25.7 Å². The lowest BCUT2D eigenvalue weighted by molar-refractivity contribution is -0.143. The lowest BCUT2D eigenvalue weighted by Gasteiger charge is -2.30. The first kappa shape index (κ1) is 14.6. The number of hydrogen-bond acceptors (Lipinski definition) is 3. The van der Waals surface area contributed by atoms with Crippen LogP contribution in [0.1, 0.15) is 38.5 Å². The molecule has 0 bridgehead atoms. The van der Waals surface area contributed by atoms with Crippen LogP contribution in [0.5, 0.6) is 0 Å². The van der Waals surface area contributed by atoms with Gasteiger partial charge in [-0.1, -0.05) is 12.8 Å². The van der Waals surface area contributed by atoms with Gasteiger partial charge < -0.3 is 21.1 Å². The van der Waals surface area contributed by atoms with Crippen molar-refractivity contribution >= 4 is 17.9 Å². The lowest BCUT2D eigenvalue weighted by atomic mass is 9.84. The van der Waals surface area contributed by atoms with Crippen molar-refractivity contribution in [3.63, 3.8) is 0 Å². The Morgan fingerprint density at radius 2 is 1.85 bits per heavy atom. The summed E-state index contributed by atoms with van der Waals surface area (Å²) in [6, 6.07) is -1.33. The molecule has 4 N–H and O–H groups in total. The number of carbonyl (C=O) groups excluding carboxylic acids is 2. The van der Waals surface area contributed by atoms with E-state index in [1.165, 1.54) is 0 Å². The summed E-state index contributed by atoms with van der Waals surface area (Å²) in [5.74, 6) is -1.58. The van der Waals surface area contributed by atoms with Crippen LogP contribution in [-0.4, -0.2) is 41.6 Å². The van der Waals surface area contributed by atoms with Crippen molar-refractivity contribution in [2.45, 2.75) is 50.6 Å². The number of hydrogen-bond donors (Lipinski definition) is 4. The molecule has 0 aromatic carbocycles. The number of carbonyl (C=O) groups is 3. The molecule has 20 heavy (non-hydrogen) atoms. The Morgan fingerprint density at radius 3 is 2.55 bits per heavy atom. The van der Waals surface area contributed by atoms with Crippen LogP contribution in [0.2, 0.25) is 0 Å². The summed E-state index contributed by atoms with van der Waals surface area (Å²) in [6.45, 7) is 0.641. The lowest BCUT2D eigenvalue weighted by Crippen LogP contribution is -2.55. The van der Waals surface area contributed by atoms with Crippen molar-refractivity contribution in [2.75, 3.05) is 6.54 Å². The minimum Gasteiger partial charge on any atom is -0.481 e. The van der Waals surface area contributed by atoms with Crippen molar-refractivity contribution in [1.29, 1.82) is 0 Å². The first-order valence-corrected chi connectivity index (χ1v) is 7.15. The van der Waals surface area contributed by atoms with E-state index in [9.17, 15) is 14.4 Å². The third-order valence-corrected chi connectivity index (χ3v) is 3.99. The predicted molar refractivity (Wildman–Crippen MR) is 71.1 cm³/mol. The molecule has 2 fully saturated rings. The summed E-state index contributed by atoms with van der Waals surface area (Å²) >= 11 is 0. The predicted octanol–water partition coefficient (Wildman–Crippen LogP) is 0.208. The molecule has 1 aliphatic heterocycles. The zero-order valence-electron chi connectivity index (χ0n) is 11.4. The molecule has 1 aliphatic carbocycles. The summed E-state index contributed by atoms with van der Waals surface area (Å²) in [5, 5.41) is 17.2. The number of rotatable bonds is 3. The highest BCUT2D eigenvalue weighted by molar-refractivity contribution is 5.87. The van der Waals surface area contributed by atoms with Gasteiger partial charge in [-0.25, -0.2) is 4.79 Å². The molecule has 2 aliphatic rings. The molecule has 3 unspecified atom stereocenters. The molecule has 7 heteroatoms.